The van der Waals surface area contributed by atoms with E-state index in [0.29, 0.717) is 0 Å². The average Bonchev–Trinajstić information content (AvgIpc) is 3.16. The molecule has 2 heterocycles. The number of rotatable bonds is 3. The van der Waals surface area contributed by atoms with E-state index >= 15 is 0 Å². The maximum Gasteiger partial charge on any atom is 0.288 e. The number of ether oxygens (including phenoxy) is 1. The second-order valence-corrected chi connectivity index (χ2v) is 6.02. The van der Waals surface area contributed by atoms with Gasteiger partial charge in [0.2, 0.25) is 11.6 Å². The normalized spacial score (nSPS) is 29.0. The van der Waals surface area contributed by atoms with Crippen LogP contribution < -0.4 is 5.73 Å². The molecule has 5 N–H and O–H groups in total. The van der Waals surface area contributed by atoms with Crippen molar-refractivity contribution in [1.82, 2.24) is 14.8 Å². The molecule has 1 fully saturated rings. The number of nitrogens with zero attached hydrogens (tertiary/aromatic N) is 3. The Bertz CT molecular complexity index is 747. The van der Waals surface area contributed by atoms with Gasteiger partial charge in [0.05, 0.1) is 6.61 Å². The average molecular weight is 348 g/mol. The summed E-state index contributed by atoms with van der Waals surface area (Å²) >= 11 is 0. The Morgan fingerprint density at radius 3 is 2.76 bits per heavy atom. The number of carbonyl (C=O) groups excluding carboxylic acids is 1. The molecule has 1 aromatic heterocycles. The van der Waals surface area contributed by atoms with E-state index in [1.807, 2.05) is 0 Å². The number of nitrogens with two attached hydrogens (primary N) is 1. The molecule has 9 heteroatoms. The Morgan fingerprint density at radius 1 is 1.36 bits per heavy atom. The molecular formula is C16H20N4O5. The van der Waals surface area contributed by atoms with Gasteiger partial charge in [0, 0.05) is 0 Å². The Balaban J connectivity index is 1.94. The third-order valence-electron chi connectivity index (χ3n) is 4.24. The highest BCUT2D eigenvalue weighted by Gasteiger charge is 2.44. The van der Waals surface area contributed by atoms with Crippen LogP contribution in [0.2, 0.25) is 0 Å². The van der Waals surface area contributed by atoms with Gasteiger partial charge in [0.15, 0.2) is 6.23 Å². The standard InChI is InChI=1S/C16H20N4O5/c17-14(24)15-18-11(7-6-9-4-2-1-3-5-9)20(19-15)16-13(23)12(22)10(8-21)25-16/h4,10,12-13,16,21-23H,1-3,5,8H2,(H2,17,24)/t10-,12-,13-,16-/m1/s1. The minimum atomic E-state index is -1.35. The summed E-state index contributed by atoms with van der Waals surface area (Å²) in [6.45, 7) is -0.472. The van der Waals surface area contributed by atoms with Crippen LogP contribution in [0.25, 0.3) is 0 Å². The molecule has 25 heavy (non-hydrogen) atoms. The van der Waals surface area contributed by atoms with Crippen molar-refractivity contribution in [3.8, 4) is 11.8 Å². The number of aliphatic hydroxyl groups excluding tert-OH is 3. The van der Waals surface area contributed by atoms with Crippen LogP contribution in [-0.4, -0.2) is 60.9 Å². The number of carbonyl (C=O) groups is 1. The minimum Gasteiger partial charge on any atom is -0.394 e. The summed E-state index contributed by atoms with van der Waals surface area (Å²) < 4.78 is 6.55. The Kier molecular flexibility index (Phi) is 5.15. The van der Waals surface area contributed by atoms with Crippen LogP contribution in [-0.2, 0) is 4.74 Å². The predicted octanol–water partition coefficient (Wildman–Crippen LogP) is -1.16. The first kappa shape index (κ1) is 17.6. The number of hydrogen-bond donors (Lipinski definition) is 4. The second-order valence-electron chi connectivity index (χ2n) is 6.02. The summed E-state index contributed by atoms with van der Waals surface area (Å²) in [6.07, 6.45) is 1.35. The molecule has 0 radical (unpaired) electrons. The van der Waals surface area contributed by atoms with Crippen molar-refractivity contribution >= 4 is 5.91 Å². The fourth-order valence-corrected chi connectivity index (χ4v) is 2.86. The Labute approximate surface area is 144 Å². The van der Waals surface area contributed by atoms with E-state index in [1.54, 1.807) is 0 Å². The predicted molar refractivity (Wildman–Crippen MR) is 85.0 cm³/mol. The minimum absolute atomic E-state index is 0.0927. The van der Waals surface area contributed by atoms with Gasteiger partial charge in [-0.3, -0.25) is 4.79 Å². The first-order chi connectivity index (χ1) is 12.0. The van der Waals surface area contributed by atoms with E-state index in [9.17, 15) is 20.1 Å². The molecule has 0 saturated carbocycles. The zero-order valence-corrected chi connectivity index (χ0v) is 13.5. The van der Waals surface area contributed by atoms with Crippen LogP contribution >= 0.6 is 0 Å². The summed E-state index contributed by atoms with van der Waals surface area (Å²) in [6, 6.07) is 0. The van der Waals surface area contributed by atoms with Gasteiger partial charge in [-0.25, -0.2) is 4.68 Å². The maximum atomic E-state index is 11.4. The van der Waals surface area contributed by atoms with Gasteiger partial charge in [-0.05, 0) is 37.2 Å². The molecule has 1 amide bonds. The number of aliphatic hydroxyl groups is 3. The molecule has 1 aliphatic heterocycles. The van der Waals surface area contributed by atoms with Gasteiger partial charge in [-0.2, -0.15) is 4.98 Å². The lowest BCUT2D eigenvalue weighted by molar-refractivity contribution is -0.0592. The fourth-order valence-electron chi connectivity index (χ4n) is 2.86. The van der Waals surface area contributed by atoms with Crippen molar-refractivity contribution in [3.05, 3.63) is 23.3 Å². The van der Waals surface area contributed by atoms with Gasteiger partial charge < -0.3 is 25.8 Å². The van der Waals surface area contributed by atoms with Crippen LogP contribution in [0.3, 0.4) is 0 Å². The number of hydrogen-bond acceptors (Lipinski definition) is 7. The third-order valence-corrected chi connectivity index (χ3v) is 4.24. The van der Waals surface area contributed by atoms with Gasteiger partial charge in [0.25, 0.3) is 5.91 Å². The van der Waals surface area contributed by atoms with Crippen molar-refractivity contribution in [2.75, 3.05) is 6.61 Å². The first-order valence-electron chi connectivity index (χ1n) is 8.11. The number of amides is 1. The van der Waals surface area contributed by atoms with Crippen LogP contribution in [0.1, 0.15) is 48.4 Å². The van der Waals surface area contributed by atoms with E-state index in [1.165, 1.54) is 0 Å². The zero-order chi connectivity index (χ0) is 18.0. The number of allylic oxidation sites excluding steroid dienone is 2. The monoisotopic (exact) mass is 348 g/mol. The molecule has 9 nitrogen and oxygen atoms in total. The summed E-state index contributed by atoms with van der Waals surface area (Å²) in [5.74, 6) is 4.81. The summed E-state index contributed by atoms with van der Waals surface area (Å²) in [5, 5.41) is 33.2. The molecule has 2 aliphatic rings. The first-order valence-corrected chi connectivity index (χ1v) is 8.11. The van der Waals surface area contributed by atoms with Crippen LogP contribution in [0.4, 0.5) is 0 Å². The summed E-state index contributed by atoms with van der Waals surface area (Å²) in [5.41, 5.74) is 6.19. The van der Waals surface area contributed by atoms with E-state index in [4.69, 9.17) is 10.5 Å². The van der Waals surface area contributed by atoms with Crippen LogP contribution in [0.5, 0.6) is 0 Å². The molecular weight excluding hydrogens is 328 g/mol. The lowest BCUT2D eigenvalue weighted by Gasteiger charge is -2.15. The molecule has 0 spiro atoms. The molecule has 0 aromatic carbocycles. The SMILES string of the molecule is NC(=O)c1nc(C#CC2=CCCCC2)n([C@@H]2O[C@H](CO)[C@@H](O)[C@H]2O)n1. The highest BCUT2D eigenvalue weighted by atomic mass is 16.6. The molecule has 1 aliphatic carbocycles. The van der Waals surface area contributed by atoms with E-state index in [-0.39, 0.29) is 11.6 Å². The van der Waals surface area contributed by atoms with Gasteiger partial charge in [0.1, 0.15) is 18.3 Å². The van der Waals surface area contributed by atoms with E-state index < -0.39 is 37.1 Å². The lowest BCUT2D eigenvalue weighted by atomic mass is 10.0. The van der Waals surface area contributed by atoms with Gasteiger partial charge >= 0.3 is 0 Å². The topological polar surface area (TPSA) is 144 Å². The quantitative estimate of drug-likeness (QED) is 0.504. The van der Waals surface area contributed by atoms with Crippen molar-refractivity contribution in [2.24, 2.45) is 5.73 Å². The Hall–Kier alpha value is -2.25. The van der Waals surface area contributed by atoms with Crippen LogP contribution in [0, 0.1) is 11.8 Å². The number of primary amides is 1. The van der Waals surface area contributed by atoms with Crippen molar-refractivity contribution in [3.63, 3.8) is 0 Å². The van der Waals surface area contributed by atoms with E-state index in [2.05, 4.69) is 28.0 Å². The van der Waals surface area contributed by atoms with Crippen molar-refractivity contribution in [2.45, 2.75) is 50.2 Å². The van der Waals surface area contributed by atoms with Gasteiger partial charge in [-0.1, -0.05) is 12.0 Å². The van der Waals surface area contributed by atoms with Crippen molar-refractivity contribution < 1.29 is 24.9 Å². The fraction of sp³-hybridized carbons (Fsp3) is 0.562. The highest BCUT2D eigenvalue weighted by molar-refractivity contribution is 5.88. The van der Waals surface area contributed by atoms with Crippen LogP contribution in [0.15, 0.2) is 11.6 Å². The van der Waals surface area contributed by atoms with E-state index in [0.717, 1.165) is 35.9 Å². The lowest BCUT2D eigenvalue weighted by Crippen LogP contribution is -2.33. The summed E-state index contributed by atoms with van der Waals surface area (Å²) in [4.78, 5) is 15.4. The smallest absolute Gasteiger partial charge is 0.288 e. The largest absolute Gasteiger partial charge is 0.394 e. The molecule has 3 rings (SSSR count). The molecule has 4 atom stereocenters. The molecule has 1 saturated heterocycles. The third kappa shape index (κ3) is 3.57. The summed E-state index contributed by atoms with van der Waals surface area (Å²) in [7, 11) is 0. The second kappa shape index (κ2) is 7.33. The molecule has 134 valence electrons. The molecule has 1 aromatic rings. The molecule has 0 unspecified atom stereocenters. The Morgan fingerprint density at radius 2 is 2.16 bits per heavy atom. The zero-order valence-electron chi connectivity index (χ0n) is 13.5. The highest BCUT2D eigenvalue weighted by Crippen LogP contribution is 2.29. The van der Waals surface area contributed by atoms with Crippen molar-refractivity contribution in [1.29, 1.82) is 0 Å². The van der Waals surface area contributed by atoms with Gasteiger partial charge in [-0.15, -0.1) is 5.10 Å². The molecule has 0 bridgehead atoms. The maximum absolute atomic E-state index is 11.4. The number of aromatic nitrogens is 3.